The minimum Gasteiger partial charge on any atom is -0.356 e. The van der Waals surface area contributed by atoms with E-state index in [4.69, 9.17) is 0 Å². The van der Waals surface area contributed by atoms with Gasteiger partial charge in [-0.25, -0.2) is 0 Å². The van der Waals surface area contributed by atoms with Crippen LogP contribution in [0.3, 0.4) is 0 Å². The molecule has 4 nitrogen and oxygen atoms in total. The van der Waals surface area contributed by atoms with Crippen LogP contribution in [-0.4, -0.2) is 24.5 Å². The van der Waals surface area contributed by atoms with Crippen LogP contribution in [-0.2, 0) is 6.54 Å². The Morgan fingerprint density at radius 3 is 2.71 bits per heavy atom. The number of halogens is 1. The molecule has 0 fully saturated rings. The maximum absolute atomic E-state index is 4.41. The van der Waals surface area contributed by atoms with Crippen LogP contribution in [0.2, 0.25) is 0 Å². The van der Waals surface area contributed by atoms with Gasteiger partial charge in [-0.1, -0.05) is 13.0 Å². The first kappa shape index (κ1) is 16.1. The molecule has 96 valence electrons. The summed E-state index contributed by atoms with van der Waals surface area (Å²) in [6.45, 7) is 5.75. The van der Waals surface area contributed by atoms with Crippen molar-refractivity contribution < 1.29 is 0 Å². The molecule has 0 aliphatic heterocycles. The van der Waals surface area contributed by atoms with Gasteiger partial charge in [0.2, 0.25) is 0 Å². The first-order chi connectivity index (χ1) is 7.76. The second kappa shape index (κ2) is 9.21. The van der Waals surface area contributed by atoms with Crippen LogP contribution in [0, 0.1) is 6.92 Å². The summed E-state index contributed by atoms with van der Waals surface area (Å²) in [5.74, 6) is 0.824. The number of aromatic nitrogens is 1. The summed E-state index contributed by atoms with van der Waals surface area (Å²) in [6.07, 6.45) is 1.09. The highest BCUT2D eigenvalue weighted by Crippen LogP contribution is 1.97. The molecule has 1 aromatic heterocycles. The summed E-state index contributed by atoms with van der Waals surface area (Å²) in [7, 11) is 1.77. The fourth-order valence-corrected chi connectivity index (χ4v) is 1.34. The van der Waals surface area contributed by atoms with Gasteiger partial charge in [0, 0.05) is 19.3 Å². The van der Waals surface area contributed by atoms with E-state index in [9.17, 15) is 0 Å². The number of aryl methyl sites for hydroxylation is 1. The molecule has 2 N–H and O–H groups in total. The van der Waals surface area contributed by atoms with E-state index in [1.807, 2.05) is 25.1 Å². The molecule has 0 aliphatic rings. The molecule has 0 amide bonds. The van der Waals surface area contributed by atoms with Crippen LogP contribution in [0.15, 0.2) is 23.2 Å². The number of pyridine rings is 1. The summed E-state index contributed by atoms with van der Waals surface area (Å²) in [4.78, 5) is 8.54. The molecule has 17 heavy (non-hydrogen) atoms. The summed E-state index contributed by atoms with van der Waals surface area (Å²) in [5, 5.41) is 6.44. The Labute approximate surface area is 120 Å². The summed E-state index contributed by atoms with van der Waals surface area (Å²) in [5.41, 5.74) is 2.07. The fourth-order valence-electron chi connectivity index (χ4n) is 1.34. The van der Waals surface area contributed by atoms with E-state index in [1.54, 1.807) is 7.05 Å². The molecule has 0 saturated carbocycles. The predicted molar refractivity (Wildman–Crippen MR) is 82.9 cm³/mol. The van der Waals surface area contributed by atoms with E-state index < -0.39 is 0 Å². The van der Waals surface area contributed by atoms with Gasteiger partial charge in [0.1, 0.15) is 0 Å². The highest BCUT2D eigenvalue weighted by molar-refractivity contribution is 14.0. The Kier molecular flexibility index (Phi) is 8.75. The zero-order chi connectivity index (χ0) is 11.8. The number of hydrogen-bond acceptors (Lipinski definition) is 2. The molecule has 1 rings (SSSR count). The lowest BCUT2D eigenvalue weighted by Gasteiger charge is -2.10. The molecular formula is C12H21IN4. The van der Waals surface area contributed by atoms with Crippen molar-refractivity contribution in [2.24, 2.45) is 4.99 Å². The van der Waals surface area contributed by atoms with Crippen LogP contribution in [0.5, 0.6) is 0 Å². The van der Waals surface area contributed by atoms with Crippen molar-refractivity contribution in [2.45, 2.75) is 26.8 Å². The molecule has 0 saturated heterocycles. The number of nitrogens with zero attached hydrogens (tertiary/aromatic N) is 2. The maximum Gasteiger partial charge on any atom is 0.191 e. The Bertz CT molecular complexity index is 352. The number of nitrogens with one attached hydrogen (secondary N) is 2. The van der Waals surface area contributed by atoms with Gasteiger partial charge in [0.25, 0.3) is 0 Å². The predicted octanol–water partition coefficient (Wildman–Crippen LogP) is 2.08. The molecule has 0 aliphatic carbocycles. The normalized spacial score (nSPS) is 10.6. The third-order valence-corrected chi connectivity index (χ3v) is 2.15. The van der Waals surface area contributed by atoms with E-state index in [0.717, 1.165) is 30.3 Å². The molecular weight excluding hydrogens is 327 g/mol. The number of hydrogen-bond donors (Lipinski definition) is 2. The Morgan fingerprint density at radius 1 is 1.35 bits per heavy atom. The van der Waals surface area contributed by atoms with Crippen molar-refractivity contribution in [3.05, 3.63) is 29.6 Å². The second-order valence-corrected chi connectivity index (χ2v) is 3.62. The topological polar surface area (TPSA) is 49.3 Å². The molecule has 1 heterocycles. The Balaban J connectivity index is 0.00000256. The monoisotopic (exact) mass is 348 g/mol. The fraction of sp³-hybridized carbons (Fsp3) is 0.500. The van der Waals surface area contributed by atoms with Crippen molar-refractivity contribution in [3.8, 4) is 0 Å². The lowest BCUT2D eigenvalue weighted by Crippen LogP contribution is -2.37. The lowest BCUT2D eigenvalue weighted by molar-refractivity contribution is 0.771. The van der Waals surface area contributed by atoms with Gasteiger partial charge >= 0.3 is 0 Å². The molecule has 0 radical (unpaired) electrons. The Morgan fingerprint density at radius 2 is 2.12 bits per heavy atom. The molecule has 0 atom stereocenters. The van der Waals surface area contributed by atoms with Gasteiger partial charge < -0.3 is 10.6 Å². The molecule has 1 aromatic rings. The minimum absolute atomic E-state index is 0. The van der Waals surface area contributed by atoms with E-state index in [-0.39, 0.29) is 24.0 Å². The van der Waals surface area contributed by atoms with Gasteiger partial charge in [-0.15, -0.1) is 24.0 Å². The van der Waals surface area contributed by atoms with E-state index in [0.29, 0.717) is 6.54 Å². The van der Waals surface area contributed by atoms with Gasteiger partial charge in [0.15, 0.2) is 5.96 Å². The van der Waals surface area contributed by atoms with Crippen molar-refractivity contribution in [2.75, 3.05) is 13.6 Å². The largest absolute Gasteiger partial charge is 0.356 e. The SMILES string of the molecule is CCCNC(=NC)NCc1cccc(C)n1.I. The minimum atomic E-state index is 0. The summed E-state index contributed by atoms with van der Waals surface area (Å²) >= 11 is 0. The Hall–Kier alpha value is -0.850. The van der Waals surface area contributed by atoms with E-state index >= 15 is 0 Å². The summed E-state index contributed by atoms with van der Waals surface area (Å²) in [6, 6.07) is 6.02. The number of aliphatic imine (C=N–C) groups is 1. The van der Waals surface area contributed by atoms with Gasteiger partial charge in [-0.2, -0.15) is 0 Å². The summed E-state index contributed by atoms with van der Waals surface area (Å²) < 4.78 is 0. The van der Waals surface area contributed by atoms with Gasteiger partial charge in [0.05, 0.1) is 12.2 Å². The number of rotatable bonds is 4. The molecule has 0 bridgehead atoms. The quantitative estimate of drug-likeness (QED) is 0.498. The maximum atomic E-state index is 4.41. The smallest absolute Gasteiger partial charge is 0.191 e. The van der Waals surface area contributed by atoms with Crippen LogP contribution in [0.1, 0.15) is 24.7 Å². The van der Waals surface area contributed by atoms with Crippen LogP contribution >= 0.6 is 24.0 Å². The first-order valence-corrected chi connectivity index (χ1v) is 5.63. The zero-order valence-electron chi connectivity index (χ0n) is 10.7. The highest BCUT2D eigenvalue weighted by Gasteiger charge is 1.98. The average Bonchev–Trinajstić information content (AvgIpc) is 2.29. The third-order valence-electron chi connectivity index (χ3n) is 2.15. The average molecular weight is 348 g/mol. The van der Waals surface area contributed by atoms with Crippen molar-refractivity contribution in [1.29, 1.82) is 0 Å². The highest BCUT2D eigenvalue weighted by atomic mass is 127. The van der Waals surface area contributed by atoms with Crippen molar-refractivity contribution in [1.82, 2.24) is 15.6 Å². The van der Waals surface area contributed by atoms with Crippen LogP contribution in [0.4, 0.5) is 0 Å². The van der Waals surface area contributed by atoms with Crippen LogP contribution < -0.4 is 10.6 Å². The van der Waals surface area contributed by atoms with Crippen LogP contribution in [0.25, 0.3) is 0 Å². The first-order valence-electron chi connectivity index (χ1n) is 5.63. The van der Waals surface area contributed by atoms with Gasteiger partial charge in [-0.05, 0) is 25.5 Å². The molecule has 0 spiro atoms. The van der Waals surface area contributed by atoms with Gasteiger partial charge in [-0.3, -0.25) is 9.98 Å². The third kappa shape index (κ3) is 6.45. The van der Waals surface area contributed by atoms with Crippen molar-refractivity contribution >= 4 is 29.9 Å². The number of guanidine groups is 1. The lowest BCUT2D eigenvalue weighted by atomic mass is 10.3. The van der Waals surface area contributed by atoms with E-state index in [2.05, 4.69) is 27.5 Å². The molecule has 5 heteroatoms. The second-order valence-electron chi connectivity index (χ2n) is 3.62. The standard InChI is InChI=1S/C12H20N4.HI/c1-4-8-14-12(13-3)15-9-11-7-5-6-10(2)16-11;/h5-7H,4,8-9H2,1-3H3,(H2,13,14,15);1H. The van der Waals surface area contributed by atoms with Crippen molar-refractivity contribution in [3.63, 3.8) is 0 Å². The zero-order valence-corrected chi connectivity index (χ0v) is 13.0. The molecule has 0 unspecified atom stereocenters. The van der Waals surface area contributed by atoms with E-state index in [1.165, 1.54) is 0 Å². The molecule has 0 aromatic carbocycles.